The fourth-order valence-corrected chi connectivity index (χ4v) is 4.22. The number of aliphatic hydroxyl groups excluding tert-OH is 2. The molecule has 2 aliphatic rings. The highest BCUT2D eigenvalue weighted by Gasteiger charge is 2.32. The zero-order valence-electron chi connectivity index (χ0n) is 16.6. The number of aliphatic hydroxyl groups is 2. The van der Waals surface area contributed by atoms with Gasteiger partial charge in [-0.15, -0.1) is 0 Å². The summed E-state index contributed by atoms with van der Waals surface area (Å²) in [6, 6.07) is 14.3. The first-order valence-corrected chi connectivity index (χ1v) is 10.3. The van der Waals surface area contributed by atoms with E-state index in [2.05, 4.69) is 23.1 Å². The molecular formula is C24H27NO4. The summed E-state index contributed by atoms with van der Waals surface area (Å²) < 4.78 is 5.99. The number of allylic oxidation sites excluding steroid dienone is 1. The highest BCUT2D eigenvalue weighted by atomic mass is 16.5. The summed E-state index contributed by atoms with van der Waals surface area (Å²) >= 11 is 0. The van der Waals surface area contributed by atoms with Crippen molar-refractivity contribution >= 4 is 17.1 Å². The molecule has 2 N–H and O–H groups in total. The first-order chi connectivity index (χ1) is 14.2. The molecule has 1 heterocycles. The molecule has 0 fully saturated rings. The average Bonchev–Trinajstić information content (AvgIpc) is 3.29. The number of hydrogen-bond donors (Lipinski definition) is 2. The Bertz CT molecular complexity index is 934. The average molecular weight is 393 g/mol. The fourth-order valence-electron chi connectivity index (χ4n) is 4.22. The van der Waals surface area contributed by atoms with Crippen LogP contribution in [0.2, 0.25) is 0 Å². The van der Waals surface area contributed by atoms with Crippen molar-refractivity contribution in [3.8, 4) is 0 Å². The summed E-state index contributed by atoms with van der Waals surface area (Å²) in [4.78, 5) is 14.8. The first kappa shape index (κ1) is 19.8. The van der Waals surface area contributed by atoms with Gasteiger partial charge < -0.3 is 19.8 Å². The van der Waals surface area contributed by atoms with E-state index in [4.69, 9.17) is 9.84 Å². The summed E-state index contributed by atoms with van der Waals surface area (Å²) in [5.74, 6) is 0.841. The second kappa shape index (κ2) is 8.91. The lowest BCUT2D eigenvalue weighted by atomic mass is 9.98. The molecule has 0 saturated heterocycles. The molecule has 5 nitrogen and oxygen atoms in total. The van der Waals surface area contributed by atoms with Crippen molar-refractivity contribution in [3.05, 3.63) is 70.3 Å². The van der Waals surface area contributed by atoms with Crippen LogP contribution in [0.25, 0.3) is 11.3 Å². The summed E-state index contributed by atoms with van der Waals surface area (Å²) in [5, 5.41) is 18.3. The third kappa shape index (κ3) is 4.13. The number of ketones is 1. The molecule has 0 unspecified atom stereocenters. The normalized spacial score (nSPS) is 17.6. The molecule has 1 aliphatic carbocycles. The van der Waals surface area contributed by atoms with Crippen molar-refractivity contribution in [2.24, 2.45) is 0 Å². The van der Waals surface area contributed by atoms with Crippen LogP contribution in [0.3, 0.4) is 0 Å². The van der Waals surface area contributed by atoms with Gasteiger partial charge in [0.1, 0.15) is 12.4 Å². The van der Waals surface area contributed by atoms with Gasteiger partial charge in [0.2, 0.25) is 0 Å². The van der Waals surface area contributed by atoms with Gasteiger partial charge in [0, 0.05) is 43.8 Å². The summed E-state index contributed by atoms with van der Waals surface area (Å²) in [5.41, 5.74) is 6.12. The number of ether oxygens (including phenoxy) is 1. The molecule has 0 spiro atoms. The fraction of sp³-hybridized carbons (Fsp3) is 0.375. The van der Waals surface area contributed by atoms with Gasteiger partial charge in [-0.05, 0) is 29.5 Å². The molecule has 1 aliphatic heterocycles. The lowest BCUT2D eigenvalue weighted by molar-refractivity contribution is -0.112. The van der Waals surface area contributed by atoms with Gasteiger partial charge in [-0.1, -0.05) is 42.5 Å². The smallest absolute Gasteiger partial charge is 0.171 e. The van der Waals surface area contributed by atoms with E-state index >= 15 is 0 Å². The quantitative estimate of drug-likeness (QED) is 0.674. The second-order valence-electron chi connectivity index (χ2n) is 7.63. The minimum absolute atomic E-state index is 0.121. The van der Waals surface area contributed by atoms with Crippen molar-refractivity contribution < 1.29 is 19.7 Å². The largest absolute Gasteiger partial charge is 0.487 e. The monoisotopic (exact) mass is 393 g/mol. The van der Waals surface area contributed by atoms with E-state index in [9.17, 15) is 9.90 Å². The van der Waals surface area contributed by atoms with Crippen molar-refractivity contribution in [1.82, 2.24) is 4.90 Å². The Morgan fingerprint density at radius 1 is 0.931 bits per heavy atom. The van der Waals surface area contributed by atoms with E-state index in [-0.39, 0.29) is 19.0 Å². The number of hydrogen-bond acceptors (Lipinski definition) is 5. The number of nitrogens with zero attached hydrogens (tertiary/aromatic N) is 1. The van der Waals surface area contributed by atoms with Gasteiger partial charge in [-0.25, -0.2) is 0 Å². The number of rotatable bonds is 8. The molecule has 152 valence electrons. The molecule has 5 heteroatoms. The van der Waals surface area contributed by atoms with Gasteiger partial charge in [-0.3, -0.25) is 4.79 Å². The van der Waals surface area contributed by atoms with Gasteiger partial charge >= 0.3 is 0 Å². The molecule has 2 aromatic rings. The Labute approximate surface area is 171 Å². The van der Waals surface area contributed by atoms with Crippen molar-refractivity contribution in [1.29, 1.82) is 0 Å². The van der Waals surface area contributed by atoms with Gasteiger partial charge in [0.05, 0.1) is 12.2 Å². The Hall–Kier alpha value is -2.47. The van der Waals surface area contributed by atoms with Crippen molar-refractivity contribution in [3.63, 3.8) is 0 Å². The summed E-state index contributed by atoms with van der Waals surface area (Å²) in [6.07, 6.45) is 2.02. The van der Waals surface area contributed by atoms with Crippen LogP contribution in [0.5, 0.6) is 0 Å². The molecule has 0 atom stereocenters. The molecule has 29 heavy (non-hydrogen) atoms. The number of benzene rings is 2. The highest BCUT2D eigenvalue weighted by Crippen LogP contribution is 2.40. The Morgan fingerprint density at radius 3 is 2.62 bits per heavy atom. The number of Topliss-reactive ketones (excluding diaryl/α,β-unsaturated/α-hetero) is 1. The molecule has 0 bridgehead atoms. The molecule has 0 aromatic heterocycles. The maximum absolute atomic E-state index is 12.6. The van der Waals surface area contributed by atoms with Crippen LogP contribution in [-0.2, 0) is 29.0 Å². The topological polar surface area (TPSA) is 70.0 Å². The molecule has 0 saturated carbocycles. The van der Waals surface area contributed by atoms with Crippen LogP contribution < -0.4 is 0 Å². The van der Waals surface area contributed by atoms with E-state index in [1.165, 1.54) is 5.56 Å². The van der Waals surface area contributed by atoms with Gasteiger partial charge in [-0.2, -0.15) is 0 Å². The van der Waals surface area contributed by atoms with Crippen LogP contribution in [-0.4, -0.2) is 53.7 Å². The predicted octanol–water partition coefficient (Wildman–Crippen LogP) is 2.43. The maximum atomic E-state index is 12.6. The lowest BCUT2D eigenvalue weighted by Gasteiger charge is -2.20. The highest BCUT2D eigenvalue weighted by molar-refractivity contribution is 6.31. The maximum Gasteiger partial charge on any atom is 0.171 e. The number of carbonyl (C=O) groups is 1. The Balaban J connectivity index is 1.54. The number of fused-ring (bicyclic) bond motifs is 2. The lowest BCUT2D eigenvalue weighted by Crippen LogP contribution is -2.30. The minimum atomic E-state index is 0.121. The van der Waals surface area contributed by atoms with E-state index in [1.807, 2.05) is 24.3 Å². The molecule has 4 rings (SSSR count). The van der Waals surface area contributed by atoms with E-state index in [0.29, 0.717) is 37.3 Å². The van der Waals surface area contributed by atoms with Crippen LogP contribution >= 0.6 is 0 Å². The predicted molar refractivity (Wildman–Crippen MR) is 112 cm³/mol. The summed E-state index contributed by atoms with van der Waals surface area (Å²) in [6.45, 7) is 3.00. The first-order valence-electron chi connectivity index (χ1n) is 10.3. The van der Waals surface area contributed by atoms with Crippen LogP contribution in [0.1, 0.15) is 34.2 Å². The van der Waals surface area contributed by atoms with Gasteiger partial charge in [0.25, 0.3) is 0 Å². The van der Waals surface area contributed by atoms with E-state index < -0.39 is 0 Å². The molecule has 0 amide bonds. The molecule has 2 aromatic carbocycles. The van der Waals surface area contributed by atoms with Crippen LogP contribution in [0.15, 0.2) is 42.5 Å². The third-order valence-electron chi connectivity index (χ3n) is 5.70. The van der Waals surface area contributed by atoms with Crippen LogP contribution in [0, 0.1) is 0 Å². The van der Waals surface area contributed by atoms with Gasteiger partial charge in [0.15, 0.2) is 5.78 Å². The second-order valence-corrected chi connectivity index (χ2v) is 7.63. The zero-order valence-corrected chi connectivity index (χ0v) is 16.6. The summed E-state index contributed by atoms with van der Waals surface area (Å²) in [7, 11) is 0. The van der Waals surface area contributed by atoms with E-state index in [0.717, 1.165) is 41.8 Å². The molecular weight excluding hydrogens is 366 g/mol. The standard InChI is InChI=1S/C24H27NO4/c26-12-3-9-25(11-13-27)10-8-17-6-7-21-19(14-17)16-29-24(21)23-20-5-2-1-4-18(20)15-22(23)28/h1-2,4-7,14,26-27H,3,8-13,15-16H2/b24-23+. The Morgan fingerprint density at radius 2 is 1.79 bits per heavy atom. The third-order valence-corrected chi connectivity index (χ3v) is 5.70. The SMILES string of the molecule is O=C1Cc2ccccc2/C1=C1\OCc2cc(CCN(CCO)CCCO)ccc21. The van der Waals surface area contributed by atoms with Crippen LogP contribution in [0.4, 0.5) is 0 Å². The minimum Gasteiger partial charge on any atom is -0.487 e. The van der Waals surface area contributed by atoms with E-state index in [1.54, 1.807) is 0 Å². The Kier molecular flexibility index (Phi) is 6.09. The number of carbonyl (C=O) groups excluding carboxylic acids is 1. The zero-order chi connectivity index (χ0) is 20.2. The van der Waals surface area contributed by atoms with Crippen molar-refractivity contribution in [2.75, 3.05) is 32.8 Å². The van der Waals surface area contributed by atoms with Crippen molar-refractivity contribution in [2.45, 2.75) is 25.9 Å². The molecule has 0 radical (unpaired) electrons.